The highest BCUT2D eigenvalue weighted by molar-refractivity contribution is 6.01. The molecule has 110 valence electrons. The van der Waals surface area contributed by atoms with E-state index in [1.807, 2.05) is 0 Å². The van der Waals surface area contributed by atoms with Crippen LogP contribution in [0.5, 0.6) is 5.75 Å². The van der Waals surface area contributed by atoms with Gasteiger partial charge in [-0.2, -0.15) is 0 Å². The van der Waals surface area contributed by atoms with Gasteiger partial charge in [-0.1, -0.05) is 19.0 Å². The van der Waals surface area contributed by atoms with Crippen molar-refractivity contribution in [2.45, 2.75) is 32.2 Å². The number of oxime groups is 1. The van der Waals surface area contributed by atoms with Gasteiger partial charge in [0.05, 0.1) is 5.56 Å². The Kier molecular flexibility index (Phi) is 4.90. The maximum absolute atomic E-state index is 12.9. The summed E-state index contributed by atoms with van der Waals surface area (Å²) in [6, 6.07) is 3.08. The van der Waals surface area contributed by atoms with Gasteiger partial charge in [-0.3, -0.25) is 4.79 Å². The SMILES string of the molecule is CCC(CC)(NC(=O)c1ccc(F)cc1O)/C(N)=N/O. The molecule has 0 saturated heterocycles. The predicted octanol–water partition coefficient (Wildman–Crippen LogP) is 1.57. The number of phenols is 1. The van der Waals surface area contributed by atoms with Gasteiger partial charge in [-0.15, -0.1) is 0 Å². The number of rotatable bonds is 5. The molecule has 0 bridgehead atoms. The predicted molar refractivity (Wildman–Crippen MR) is 72.3 cm³/mol. The average molecular weight is 283 g/mol. The minimum Gasteiger partial charge on any atom is -0.507 e. The largest absolute Gasteiger partial charge is 0.507 e. The van der Waals surface area contributed by atoms with Crippen molar-refractivity contribution in [2.24, 2.45) is 10.9 Å². The Morgan fingerprint density at radius 2 is 2.05 bits per heavy atom. The standard InChI is InChI=1S/C13H18FN3O3/c1-3-13(4-2,12(15)17-20)16-11(19)9-6-5-8(14)7-10(9)18/h5-7,18,20H,3-4H2,1-2H3,(H2,15,17)(H,16,19). The normalized spacial score (nSPS) is 12.2. The van der Waals surface area contributed by atoms with Gasteiger partial charge in [0.15, 0.2) is 5.84 Å². The number of carbonyl (C=O) groups excluding carboxylic acids is 1. The number of aromatic hydroxyl groups is 1. The van der Waals surface area contributed by atoms with Gasteiger partial charge in [0.25, 0.3) is 5.91 Å². The van der Waals surface area contributed by atoms with E-state index < -0.39 is 23.0 Å². The lowest BCUT2D eigenvalue weighted by Crippen LogP contribution is -2.56. The van der Waals surface area contributed by atoms with E-state index in [1.165, 1.54) is 6.07 Å². The molecule has 0 fully saturated rings. The Morgan fingerprint density at radius 1 is 1.45 bits per heavy atom. The van der Waals surface area contributed by atoms with E-state index in [-0.39, 0.29) is 11.4 Å². The van der Waals surface area contributed by atoms with E-state index in [9.17, 15) is 14.3 Å². The van der Waals surface area contributed by atoms with Gasteiger partial charge in [-0.05, 0) is 25.0 Å². The van der Waals surface area contributed by atoms with E-state index in [0.717, 1.165) is 12.1 Å². The third kappa shape index (κ3) is 2.98. The molecule has 1 aromatic carbocycles. The van der Waals surface area contributed by atoms with Crippen molar-refractivity contribution in [3.8, 4) is 5.75 Å². The van der Waals surface area contributed by atoms with Gasteiger partial charge >= 0.3 is 0 Å². The quantitative estimate of drug-likeness (QED) is 0.284. The number of phenolic OH excluding ortho intramolecular Hbond substituents is 1. The van der Waals surface area contributed by atoms with Gasteiger partial charge in [0, 0.05) is 6.07 Å². The smallest absolute Gasteiger partial charge is 0.255 e. The minimum atomic E-state index is -1.02. The highest BCUT2D eigenvalue weighted by Crippen LogP contribution is 2.21. The number of nitrogens with two attached hydrogens (primary N) is 1. The van der Waals surface area contributed by atoms with Crippen molar-refractivity contribution in [1.82, 2.24) is 5.32 Å². The lowest BCUT2D eigenvalue weighted by Gasteiger charge is -2.31. The number of amides is 1. The highest BCUT2D eigenvalue weighted by atomic mass is 19.1. The molecule has 0 heterocycles. The zero-order valence-corrected chi connectivity index (χ0v) is 11.4. The number of hydrogen-bond donors (Lipinski definition) is 4. The third-order valence-electron chi connectivity index (χ3n) is 3.36. The second-order valence-electron chi connectivity index (χ2n) is 4.39. The van der Waals surface area contributed by atoms with Crippen LogP contribution in [0.15, 0.2) is 23.4 Å². The summed E-state index contributed by atoms with van der Waals surface area (Å²) in [5, 5.41) is 24.0. The van der Waals surface area contributed by atoms with E-state index >= 15 is 0 Å². The Labute approximate surface area is 116 Å². The molecule has 1 rings (SSSR count). The summed E-state index contributed by atoms with van der Waals surface area (Å²) >= 11 is 0. The van der Waals surface area contributed by atoms with Crippen molar-refractivity contribution >= 4 is 11.7 Å². The number of carbonyl (C=O) groups is 1. The lowest BCUT2D eigenvalue weighted by atomic mass is 9.91. The topological polar surface area (TPSA) is 108 Å². The molecule has 0 spiro atoms. The molecule has 0 aliphatic rings. The summed E-state index contributed by atoms with van der Waals surface area (Å²) < 4.78 is 12.9. The Balaban J connectivity index is 3.09. The molecule has 0 aliphatic carbocycles. The summed E-state index contributed by atoms with van der Waals surface area (Å²) in [5.74, 6) is -1.87. The van der Waals surface area contributed by atoms with E-state index in [4.69, 9.17) is 10.9 Å². The van der Waals surface area contributed by atoms with Crippen LogP contribution < -0.4 is 11.1 Å². The molecule has 0 unspecified atom stereocenters. The van der Waals surface area contributed by atoms with Gasteiger partial charge < -0.3 is 21.4 Å². The van der Waals surface area contributed by atoms with Crippen molar-refractivity contribution in [1.29, 1.82) is 0 Å². The van der Waals surface area contributed by atoms with Crippen LogP contribution in [0.2, 0.25) is 0 Å². The zero-order chi connectivity index (χ0) is 15.3. The Hall–Kier alpha value is -2.31. The third-order valence-corrected chi connectivity index (χ3v) is 3.36. The molecule has 1 amide bonds. The minimum absolute atomic E-state index is 0.0802. The average Bonchev–Trinajstić information content (AvgIpc) is 2.43. The van der Waals surface area contributed by atoms with Crippen LogP contribution in [0, 0.1) is 5.82 Å². The Bertz CT molecular complexity index is 528. The molecule has 5 N–H and O–H groups in total. The van der Waals surface area contributed by atoms with E-state index in [1.54, 1.807) is 13.8 Å². The lowest BCUT2D eigenvalue weighted by molar-refractivity contribution is 0.0915. The first-order chi connectivity index (χ1) is 9.40. The summed E-state index contributed by atoms with van der Waals surface area (Å²) in [7, 11) is 0. The first-order valence-electron chi connectivity index (χ1n) is 6.19. The molecule has 0 atom stereocenters. The maximum atomic E-state index is 12.9. The van der Waals surface area contributed by atoms with Crippen LogP contribution in [0.4, 0.5) is 4.39 Å². The summed E-state index contributed by atoms with van der Waals surface area (Å²) in [6.45, 7) is 3.54. The fraction of sp³-hybridized carbons (Fsp3) is 0.385. The highest BCUT2D eigenvalue weighted by Gasteiger charge is 2.34. The molecule has 20 heavy (non-hydrogen) atoms. The molecule has 0 aliphatic heterocycles. The molecule has 0 radical (unpaired) electrons. The van der Waals surface area contributed by atoms with E-state index in [0.29, 0.717) is 12.8 Å². The molecule has 6 nitrogen and oxygen atoms in total. The number of hydrogen-bond acceptors (Lipinski definition) is 4. The number of benzene rings is 1. The van der Waals surface area contributed by atoms with Crippen LogP contribution in [0.25, 0.3) is 0 Å². The second-order valence-corrected chi connectivity index (χ2v) is 4.39. The van der Waals surface area contributed by atoms with Crippen molar-refractivity contribution in [2.75, 3.05) is 0 Å². The number of amidine groups is 1. The fourth-order valence-corrected chi connectivity index (χ4v) is 1.93. The van der Waals surface area contributed by atoms with Crippen molar-refractivity contribution in [3.63, 3.8) is 0 Å². The molecule has 7 heteroatoms. The molecule has 1 aromatic rings. The molecular weight excluding hydrogens is 265 g/mol. The molecule has 0 saturated carbocycles. The molecule has 0 aromatic heterocycles. The van der Waals surface area contributed by atoms with Crippen LogP contribution in [-0.4, -0.2) is 27.6 Å². The number of nitrogens with one attached hydrogen (secondary N) is 1. The van der Waals surface area contributed by atoms with Crippen LogP contribution in [0.1, 0.15) is 37.0 Å². The van der Waals surface area contributed by atoms with Gasteiger partial charge in [0.1, 0.15) is 17.1 Å². The van der Waals surface area contributed by atoms with Crippen LogP contribution in [-0.2, 0) is 0 Å². The van der Waals surface area contributed by atoms with E-state index in [2.05, 4.69) is 10.5 Å². The summed E-state index contributed by atoms with van der Waals surface area (Å²) in [6.07, 6.45) is 0.792. The van der Waals surface area contributed by atoms with Gasteiger partial charge in [0.2, 0.25) is 0 Å². The second kappa shape index (κ2) is 6.23. The Morgan fingerprint density at radius 3 is 2.50 bits per heavy atom. The fourth-order valence-electron chi connectivity index (χ4n) is 1.93. The zero-order valence-electron chi connectivity index (χ0n) is 11.4. The monoisotopic (exact) mass is 283 g/mol. The number of nitrogens with zero attached hydrogens (tertiary/aromatic N) is 1. The summed E-state index contributed by atoms with van der Waals surface area (Å²) in [4.78, 5) is 12.1. The van der Waals surface area contributed by atoms with Crippen molar-refractivity contribution in [3.05, 3.63) is 29.6 Å². The first-order valence-corrected chi connectivity index (χ1v) is 6.19. The first kappa shape index (κ1) is 15.7. The van der Waals surface area contributed by atoms with Crippen LogP contribution in [0.3, 0.4) is 0 Å². The van der Waals surface area contributed by atoms with Crippen molar-refractivity contribution < 1.29 is 19.5 Å². The number of halogens is 1. The summed E-state index contributed by atoms with van der Waals surface area (Å²) in [5.41, 5.74) is 4.52. The van der Waals surface area contributed by atoms with Gasteiger partial charge in [-0.25, -0.2) is 4.39 Å². The maximum Gasteiger partial charge on any atom is 0.255 e. The van der Waals surface area contributed by atoms with Crippen LogP contribution >= 0.6 is 0 Å². The molecular formula is C13H18FN3O3.